The van der Waals surface area contributed by atoms with E-state index in [1.165, 1.54) is 6.07 Å². The minimum Gasteiger partial charge on any atom is -0.389 e. The normalized spacial score (nSPS) is 14.9. The average molecular weight is 240 g/mol. The first-order chi connectivity index (χ1) is 7.18. The molecule has 1 nitrogen and oxygen atoms in total. The van der Waals surface area contributed by atoms with E-state index in [-0.39, 0.29) is 0 Å². The van der Waals surface area contributed by atoms with Gasteiger partial charge in [-0.25, -0.2) is 0 Å². The van der Waals surface area contributed by atoms with Crippen LogP contribution < -0.4 is 0 Å². The second-order valence-corrected chi connectivity index (χ2v) is 3.34. The van der Waals surface area contributed by atoms with Gasteiger partial charge in [-0.15, -0.1) is 0 Å². The molecule has 1 rings (SSSR count). The van der Waals surface area contributed by atoms with Crippen LogP contribution in [0.5, 0.6) is 0 Å². The molecule has 1 unspecified atom stereocenters. The fraction of sp³-hybridized carbons (Fsp3) is 0.400. The van der Waals surface area contributed by atoms with Crippen LogP contribution in [0.4, 0.5) is 22.0 Å². The van der Waals surface area contributed by atoms with Gasteiger partial charge in [-0.3, -0.25) is 0 Å². The van der Waals surface area contributed by atoms with Gasteiger partial charge in [0.05, 0.1) is 6.10 Å². The molecule has 1 atom stereocenters. The van der Waals surface area contributed by atoms with E-state index in [1.807, 2.05) is 0 Å². The number of aliphatic hydroxyl groups is 1. The van der Waals surface area contributed by atoms with Gasteiger partial charge in [0, 0.05) is 5.56 Å². The van der Waals surface area contributed by atoms with Crippen LogP contribution in [-0.2, 0) is 5.92 Å². The third-order valence-corrected chi connectivity index (χ3v) is 2.11. The average Bonchev–Trinajstić information content (AvgIpc) is 2.16. The van der Waals surface area contributed by atoms with Crippen molar-refractivity contribution < 1.29 is 27.1 Å². The SMILES string of the molecule is CC(O)c1ccccc1C(F)(F)C(F)(F)F. The summed E-state index contributed by atoms with van der Waals surface area (Å²) in [4.78, 5) is 0. The molecule has 0 heterocycles. The lowest BCUT2D eigenvalue weighted by Crippen LogP contribution is -2.34. The predicted octanol–water partition coefficient (Wildman–Crippen LogP) is 3.39. The highest BCUT2D eigenvalue weighted by atomic mass is 19.4. The van der Waals surface area contributed by atoms with Gasteiger partial charge in [0.25, 0.3) is 0 Å². The molecule has 0 aliphatic heterocycles. The quantitative estimate of drug-likeness (QED) is 0.785. The van der Waals surface area contributed by atoms with Crippen LogP contribution in [0.15, 0.2) is 24.3 Å². The minimum atomic E-state index is -5.67. The van der Waals surface area contributed by atoms with Gasteiger partial charge in [0.1, 0.15) is 0 Å². The van der Waals surface area contributed by atoms with Crippen LogP contribution in [0.3, 0.4) is 0 Å². The molecule has 0 fully saturated rings. The maximum absolute atomic E-state index is 13.0. The largest absolute Gasteiger partial charge is 0.458 e. The van der Waals surface area contributed by atoms with Crippen LogP contribution in [0.1, 0.15) is 24.2 Å². The highest BCUT2D eigenvalue weighted by Gasteiger charge is 2.59. The molecule has 0 saturated heterocycles. The number of rotatable bonds is 2. The smallest absolute Gasteiger partial charge is 0.389 e. The molecule has 0 bridgehead atoms. The highest BCUT2D eigenvalue weighted by molar-refractivity contribution is 5.33. The van der Waals surface area contributed by atoms with E-state index in [1.54, 1.807) is 0 Å². The monoisotopic (exact) mass is 240 g/mol. The van der Waals surface area contributed by atoms with Crippen molar-refractivity contribution in [3.05, 3.63) is 35.4 Å². The summed E-state index contributed by atoms with van der Waals surface area (Å²) < 4.78 is 62.5. The van der Waals surface area contributed by atoms with Crippen molar-refractivity contribution in [3.8, 4) is 0 Å². The number of hydrogen-bond donors (Lipinski definition) is 1. The Kier molecular flexibility index (Phi) is 3.23. The zero-order valence-corrected chi connectivity index (χ0v) is 8.22. The molecule has 0 spiro atoms. The van der Waals surface area contributed by atoms with Gasteiger partial charge >= 0.3 is 12.1 Å². The van der Waals surface area contributed by atoms with E-state index in [0.717, 1.165) is 19.1 Å². The molecule has 0 saturated carbocycles. The fourth-order valence-electron chi connectivity index (χ4n) is 1.30. The molecule has 6 heteroatoms. The van der Waals surface area contributed by atoms with Crippen LogP contribution in [0.25, 0.3) is 0 Å². The van der Waals surface area contributed by atoms with E-state index in [0.29, 0.717) is 6.07 Å². The van der Waals surface area contributed by atoms with Crippen LogP contribution >= 0.6 is 0 Å². The van der Waals surface area contributed by atoms with Gasteiger partial charge in [0.2, 0.25) is 0 Å². The predicted molar refractivity (Wildman–Crippen MR) is 47.0 cm³/mol. The Bertz CT molecular complexity index is 370. The number of alkyl halides is 5. The van der Waals surface area contributed by atoms with E-state index in [9.17, 15) is 22.0 Å². The molecule has 0 aromatic heterocycles. The number of benzene rings is 1. The van der Waals surface area contributed by atoms with E-state index < -0.39 is 29.3 Å². The van der Waals surface area contributed by atoms with Crippen molar-refractivity contribution in [2.75, 3.05) is 0 Å². The van der Waals surface area contributed by atoms with Gasteiger partial charge in [-0.1, -0.05) is 24.3 Å². The van der Waals surface area contributed by atoms with Crippen molar-refractivity contribution in [2.45, 2.75) is 25.1 Å². The molecule has 1 aromatic carbocycles. The first kappa shape index (κ1) is 12.9. The van der Waals surface area contributed by atoms with E-state index in [4.69, 9.17) is 5.11 Å². The topological polar surface area (TPSA) is 20.2 Å². The first-order valence-electron chi connectivity index (χ1n) is 4.40. The van der Waals surface area contributed by atoms with Gasteiger partial charge in [0.15, 0.2) is 0 Å². The molecule has 1 N–H and O–H groups in total. The van der Waals surface area contributed by atoms with Crippen LogP contribution in [0.2, 0.25) is 0 Å². The van der Waals surface area contributed by atoms with Crippen LogP contribution in [0, 0.1) is 0 Å². The number of hydrogen-bond acceptors (Lipinski definition) is 1. The van der Waals surface area contributed by atoms with Gasteiger partial charge < -0.3 is 5.11 Å². The Hall–Kier alpha value is -1.17. The second kappa shape index (κ2) is 4.01. The van der Waals surface area contributed by atoms with Crippen LogP contribution in [-0.4, -0.2) is 11.3 Å². The molecule has 90 valence electrons. The van der Waals surface area contributed by atoms with Crippen molar-refractivity contribution in [1.29, 1.82) is 0 Å². The summed E-state index contributed by atoms with van der Waals surface area (Å²) in [5.41, 5.74) is -1.64. The molecule has 0 aliphatic carbocycles. The summed E-state index contributed by atoms with van der Waals surface area (Å²) in [5.74, 6) is -4.96. The van der Waals surface area contributed by atoms with E-state index >= 15 is 0 Å². The third kappa shape index (κ3) is 2.16. The summed E-state index contributed by atoms with van der Waals surface area (Å²) in [5, 5.41) is 9.13. The first-order valence-corrected chi connectivity index (χ1v) is 4.40. The zero-order valence-electron chi connectivity index (χ0n) is 8.22. The Balaban J connectivity index is 3.33. The summed E-state index contributed by atoms with van der Waals surface area (Å²) >= 11 is 0. The lowest BCUT2D eigenvalue weighted by molar-refractivity contribution is -0.289. The van der Waals surface area contributed by atoms with Gasteiger partial charge in [-0.05, 0) is 12.5 Å². The van der Waals surface area contributed by atoms with Crippen molar-refractivity contribution in [2.24, 2.45) is 0 Å². The summed E-state index contributed by atoms with van der Waals surface area (Å²) in [6.45, 7) is 1.13. The molecular formula is C10H9F5O. The zero-order chi connectivity index (χ0) is 12.6. The summed E-state index contributed by atoms with van der Waals surface area (Å²) in [6.07, 6.45) is -7.05. The highest BCUT2D eigenvalue weighted by Crippen LogP contribution is 2.45. The Labute approximate surface area is 88.5 Å². The molecule has 0 amide bonds. The summed E-state index contributed by atoms with van der Waals surface area (Å²) in [7, 11) is 0. The van der Waals surface area contributed by atoms with Gasteiger partial charge in [-0.2, -0.15) is 22.0 Å². The molecule has 16 heavy (non-hydrogen) atoms. The Morgan fingerprint density at radius 2 is 1.56 bits per heavy atom. The van der Waals surface area contributed by atoms with Crippen molar-refractivity contribution in [3.63, 3.8) is 0 Å². The molecule has 0 radical (unpaired) electrons. The standard InChI is InChI=1S/C10H9F5O/c1-6(16)7-4-2-3-5-8(7)9(11,12)10(13,14)15/h2-6,16H,1H3. The maximum Gasteiger partial charge on any atom is 0.458 e. The van der Waals surface area contributed by atoms with E-state index in [2.05, 4.69) is 0 Å². The Morgan fingerprint density at radius 3 is 2.00 bits per heavy atom. The maximum atomic E-state index is 13.0. The second-order valence-electron chi connectivity index (χ2n) is 3.34. The molecule has 0 aliphatic rings. The molecule has 1 aromatic rings. The fourth-order valence-corrected chi connectivity index (χ4v) is 1.30. The number of halogens is 5. The minimum absolute atomic E-state index is 0.426. The summed E-state index contributed by atoms with van der Waals surface area (Å²) in [6, 6.07) is 4.06. The molecular weight excluding hydrogens is 231 g/mol. The lowest BCUT2D eigenvalue weighted by Gasteiger charge is -2.23. The lowest BCUT2D eigenvalue weighted by atomic mass is 9.98. The van der Waals surface area contributed by atoms with Crippen molar-refractivity contribution >= 4 is 0 Å². The van der Waals surface area contributed by atoms with Crippen molar-refractivity contribution in [1.82, 2.24) is 0 Å². The third-order valence-electron chi connectivity index (χ3n) is 2.11. The Morgan fingerprint density at radius 1 is 1.06 bits per heavy atom. The number of aliphatic hydroxyl groups excluding tert-OH is 1.